The lowest BCUT2D eigenvalue weighted by molar-refractivity contribution is -0.104. The first-order valence-electron chi connectivity index (χ1n) is 5.25. The summed E-state index contributed by atoms with van der Waals surface area (Å²) in [6.07, 6.45) is 2.73. The van der Waals surface area contributed by atoms with Crippen molar-refractivity contribution in [1.82, 2.24) is 0 Å². The fourth-order valence-electron chi connectivity index (χ4n) is 1.20. The molecule has 1 rings (SSSR count). The second-order valence-electron chi connectivity index (χ2n) is 3.66. The van der Waals surface area contributed by atoms with Gasteiger partial charge in [0.25, 0.3) is 10.0 Å². The minimum absolute atomic E-state index is 0.00215. The van der Waals surface area contributed by atoms with Crippen LogP contribution in [0.4, 0.5) is 0 Å². The molecule has 0 fully saturated rings. The molecule has 0 radical (unpaired) electrons. The molecule has 6 heteroatoms. The van der Waals surface area contributed by atoms with Crippen LogP contribution in [-0.4, -0.2) is 20.4 Å². The van der Waals surface area contributed by atoms with E-state index in [1.54, 1.807) is 12.1 Å². The number of carbonyl (C=O) groups excluding carboxylic acids is 1. The van der Waals surface area contributed by atoms with Gasteiger partial charge in [0.05, 0.1) is 15.6 Å². The Bertz CT molecular complexity index is 643. The van der Waals surface area contributed by atoms with E-state index in [9.17, 15) is 13.2 Å². The summed E-state index contributed by atoms with van der Waals surface area (Å²) in [6.45, 7) is 5.27. The number of sulfonamides is 1. The number of aryl methyl sites for hydroxylation is 1. The molecule has 19 heavy (non-hydrogen) atoms. The summed E-state index contributed by atoms with van der Waals surface area (Å²) in [7, 11) is -3.84. The summed E-state index contributed by atoms with van der Waals surface area (Å²) >= 11 is 5.50. The van der Waals surface area contributed by atoms with Crippen molar-refractivity contribution in [2.24, 2.45) is 4.40 Å². The zero-order chi connectivity index (χ0) is 14.5. The van der Waals surface area contributed by atoms with E-state index in [1.807, 2.05) is 6.92 Å². The number of benzene rings is 1. The average Bonchev–Trinajstić information content (AvgIpc) is 2.38. The number of rotatable bonds is 5. The van der Waals surface area contributed by atoms with E-state index in [0.717, 1.165) is 11.6 Å². The van der Waals surface area contributed by atoms with Gasteiger partial charge in [-0.1, -0.05) is 35.9 Å². The lowest BCUT2D eigenvalue weighted by atomic mass is 10.2. The van der Waals surface area contributed by atoms with Gasteiger partial charge in [0.1, 0.15) is 0 Å². The summed E-state index contributed by atoms with van der Waals surface area (Å²) in [5.41, 5.74) is 0.938. The first-order chi connectivity index (χ1) is 8.89. The molecule has 0 heterocycles. The standard InChI is InChI=1S/C13H12ClNO3S/c1-3-12(8-11(14)9-16)15-19(17,18)13-6-4-10(2)5-7-13/h3-9H,1H2,2H3/b11-8-,15-12+. The molecule has 0 saturated carbocycles. The third-order valence-corrected chi connectivity index (χ3v) is 3.67. The molecule has 4 nitrogen and oxygen atoms in total. The highest BCUT2D eigenvalue weighted by molar-refractivity contribution is 7.90. The van der Waals surface area contributed by atoms with Crippen LogP contribution in [0.15, 0.2) is 57.3 Å². The number of carbonyl (C=O) groups is 1. The van der Waals surface area contributed by atoms with E-state index in [0.29, 0.717) is 6.29 Å². The van der Waals surface area contributed by atoms with E-state index in [4.69, 9.17) is 11.6 Å². The third-order valence-electron chi connectivity index (χ3n) is 2.15. The number of nitrogens with zero attached hydrogens (tertiary/aromatic N) is 1. The Morgan fingerprint density at radius 2 is 1.89 bits per heavy atom. The molecule has 0 aliphatic heterocycles. The van der Waals surface area contributed by atoms with Gasteiger partial charge in [-0.15, -0.1) is 0 Å². The van der Waals surface area contributed by atoms with E-state index in [2.05, 4.69) is 11.0 Å². The van der Waals surface area contributed by atoms with Crippen molar-refractivity contribution >= 4 is 33.6 Å². The predicted octanol–water partition coefficient (Wildman–Crippen LogP) is 2.63. The van der Waals surface area contributed by atoms with E-state index >= 15 is 0 Å². The molecule has 0 N–H and O–H groups in total. The second-order valence-corrected chi connectivity index (χ2v) is 5.70. The Balaban J connectivity index is 3.23. The Kier molecular flexibility index (Phi) is 5.20. The van der Waals surface area contributed by atoms with Crippen molar-refractivity contribution in [2.75, 3.05) is 0 Å². The minimum atomic E-state index is -3.84. The van der Waals surface area contributed by atoms with Crippen molar-refractivity contribution in [3.8, 4) is 0 Å². The molecule has 0 aliphatic carbocycles. The lowest BCUT2D eigenvalue weighted by Gasteiger charge is -2.00. The van der Waals surface area contributed by atoms with Crippen LogP contribution in [-0.2, 0) is 14.8 Å². The van der Waals surface area contributed by atoms with Crippen LogP contribution in [0.5, 0.6) is 0 Å². The van der Waals surface area contributed by atoms with E-state index in [1.165, 1.54) is 18.2 Å². The molecular formula is C13H12ClNO3S. The second kappa shape index (κ2) is 6.45. The molecule has 0 aromatic heterocycles. The normalized spacial score (nSPS) is 13.2. The minimum Gasteiger partial charge on any atom is -0.297 e. The number of hydrogen-bond acceptors (Lipinski definition) is 3. The zero-order valence-electron chi connectivity index (χ0n) is 10.2. The third kappa shape index (κ3) is 4.46. The van der Waals surface area contributed by atoms with Gasteiger partial charge in [-0.3, -0.25) is 4.79 Å². The van der Waals surface area contributed by atoms with Crippen LogP contribution < -0.4 is 0 Å². The van der Waals surface area contributed by atoms with Crippen LogP contribution in [0.1, 0.15) is 5.56 Å². The fourth-order valence-corrected chi connectivity index (χ4v) is 2.30. The smallest absolute Gasteiger partial charge is 0.282 e. The Labute approximate surface area is 117 Å². The van der Waals surface area contributed by atoms with Crippen LogP contribution in [0, 0.1) is 6.92 Å². The van der Waals surface area contributed by atoms with Crippen LogP contribution in [0.25, 0.3) is 0 Å². The van der Waals surface area contributed by atoms with Gasteiger partial charge < -0.3 is 0 Å². The maximum absolute atomic E-state index is 12.0. The zero-order valence-corrected chi connectivity index (χ0v) is 11.8. The highest BCUT2D eigenvalue weighted by atomic mass is 35.5. The molecule has 0 atom stereocenters. The molecule has 0 spiro atoms. The van der Waals surface area contributed by atoms with Crippen molar-refractivity contribution in [3.63, 3.8) is 0 Å². The molecule has 1 aromatic rings. The maximum atomic E-state index is 12.0. The summed E-state index contributed by atoms with van der Waals surface area (Å²) in [5, 5.41) is -0.155. The molecule has 0 aliphatic rings. The number of hydrogen-bond donors (Lipinski definition) is 0. The number of halogens is 1. The van der Waals surface area contributed by atoms with Gasteiger partial charge in [0.15, 0.2) is 6.29 Å². The fraction of sp³-hybridized carbons (Fsp3) is 0.0769. The Hall–Kier alpha value is -1.72. The maximum Gasteiger partial charge on any atom is 0.282 e. The SMILES string of the molecule is C=CC(/C=C(\Cl)C=O)=N\S(=O)(=O)c1ccc(C)cc1. The van der Waals surface area contributed by atoms with E-state index in [-0.39, 0.29) is 15.6 Å². The molecule has 100 valence electrons. The largest absolute Gasteiger partial charge is 0.297 e. The highest BCUT2D eigenvalue weighted by Gasteiger charge is 2.12. The molecule has 0 saturated heterocycles. The van der Waals surface area contributed by atoms with Crippen molar-refractivity contribution in [2.45, 2.75) is 11.8 Å². The predicted molar refractivity (Wildman–Crippen MR) is 76.0 cm³/mol. The van der Waals surface area contributed by atoms with Crippen LogP contribution in [0.3, 0.4) is 0 Å². The highest BCUT2D eigenvalue weighted by Crippen LogP contribution is 2.14. The summed E-state index contributed by atoms with van der Waals surface area (Å²) < 4.78 is 27.5. The topological polar surface area (TPSA) is 63.6 Å². The van der Waals surface area contributed by atoms with Crippen LogP contribution in [0.2, 0.25) is 0 Å². The van der Waals surface area contributed by atoms with Gasteiger partial charge in [-0.2, -0.15) is 12.8 Å². The molecule has 0 unspecified atom stereocenters. The summed E-state index contributed by atoms with van der Waals surface area (Å²) in [6, 6.07) is 6.26. The quantitative estimate of drug-likeness (QED) is 0.477. The van der Waals surface area contributed by atoms with Gasteiger partial charge >= 0.3 is 0 Å². The molecule has 1 aromatic carbocycles. The van der Waals surface area contributed by atoms with Crippen molar-refractivity contribution < 1.29 is 13.2 Å². The molecule has 0 bridgehead atoms. The first kappa shape index (κ1) is 15.3. The van der Waals surface area contributed by atoms with Crippen molar-refractivity contribution in [3.05, 3.63) is 53.6 Å². The monoisotopic (exact) mass is 297 g/mol. The first-order valence-corrected chi connectivity index (χ1v) is 7.07. The summed E-state index contributed by atoms with van der Waals surface area (Å²) in [4.78, 5) is 10.5. The van der Waals surface area contributed by atoms with Gasteiger partial charge in [-0.25, -0.2) is 0 Å². The molecule has 0 amide bonds. The average molecular weight is 298 g/mol. The van der Waals surface area contributed by atoms with Gasteiger partial charge in [-0.05, 0) is 31.2 Å². The number of aldehydes is 1. The van der Waals surface area contributed by atoms with E-state index < -0.39 is 10.0 Å². The van der Waals surface area contributed by atoms with Gasteiger partial charge in [0.2, 0.25) is 0 Å². The van der Waals surface area contributed by atoms with Crippen LogP contribution >= 0.6 is 11.6 Å². The number of allylic oxidation sites excluding steroid dienone is 3. The Morgan fingerprint density at radius 3 is 2.37 bits per heavy atom. The molecular weight excluding hydrogens is 286 g/mol. The summed E-state index contributed by atoms with van der Waals surface area (Å²) in [5.74, 6) is 0. The van der Waals surface area contributed by atoms with Crippen molar-refractivity contribution in [1.29, 1.82) is 0 Å². The lowest BCUT2D eigenvalue weighted by Crippen LogP contribution is -2.01. The Morgan fingerprint density at radius 1 is 1.32 bits per heavy atom. The van der Waals surface area contributed by atoms with Gasteiger partial charge in [0, 0.05) is 0 Å².